The Balaban J connectivity index is 1.46. The van der Waals surface area contributed by atoms with Crippen LogP contribution >= 0.6 is 0 Å². The van der Waals surface area contributed by atoms with Crippen LogP contribution in [0.3, 0.4) is 0 Å². The molecule has 7 nitrogen and oxygen atoms in total. The third kappa shape index (κ3) is 3.82. The van der Waals surface area contributed by atoms with Gasteiger partial charge >= 0.3 is 6.09 Å². The minimum atomic E-state index is -0.258. The summed E-state index contributed by atoms with van der Waals surface area (Å²) in [4.78, 5) is 16.6. The molecule has 2 aliphatic rings. The topological polar surface area (TPSA) is 60.5 Å². The molecule has 2 heterocycles. The number of nitrogens with zero attached hydrogens (tertiary/aromatic N) is 2. The summed E-state index contributed by atoms with van der Waals surface area (Å²) in [5, 5.41) is 0. The second kappa shape index (κ2) is 8.21. The summed E-state index contributed by atoms with van der Waals surface area (Å²) >= 11 is 0. The molecule has 0 spiro atoms. The van der Waals surface area contributed by atoms with Crippen LogP contribution in [-0.4, -0.2) is 62.5 Å². The summed E-state index contributed by atoms with van der Waals surface area (Å²) in [6, 6.07) is 13.8. The van der Waals surface area contributed by atoms with E-state index in [1.165, 1.54) is 0 Å². The number of fused-ring (bicyclic) bond motifs is 1. The molecule has 2 saturated heterocycles. The monoisotopic (exact) mass is 398 g/mol. The third-order valence-electron chi connectivity index (χ3n) is 5.59. The number of hydrogen-bond acceptors (Lipinski definition) is 6. The van der Waals surface area contributed by atoms with Gasteiger partial charge in [-0.05, 0) is 23.8 Å². The SMILES string of the molecule is COc1ccccc1CN1C[C@H]2OC(=O)N(Cc3ccc(OC)c(OC)c3)[C@H]2C1. The second-order valence-electron chi connectivity index (χ2n) is 7.31. The molecule has 154 valence electrons. The van der Waals surface area contributed by atoms with Crippen LogP contribution in [0.25, 0.3) is 0 Å². The lowest BCUT2D eigenvalue weighted by molar-refractivity contribution is 0.119. The van der Waals surface area contributed by atoms with Crippen LogP contribution in [0.15, 0.2) is 42.5 Å². The summed E-state index contributed by atoms with van der Waals surface area (Å²) in [5.41, 5.74) is 2.11. The normalized spacial score (nSPS) is 21.1. The highest BCUT2D eigenvalue weighted by atomic mass is 16.6. The fourth-order valence-electron chi connectivity index (χ4n) is 4.14. The Morgan fingerprint density at radius 1 is 0.931 bits per heavy atom. The summed E-state index contributed by atoms with van der Waals surface area (Å²) in [6.45, 7) is 2.72. The molecule has 2 aromatic carbocycles. The highest BCUT2D eigenvalue weighted by molar-refractivity contribution is 5.71. The molecule has 0 aliphatic carbocycles. The quantitative estimate of drug-likeness (QED) is 0.715. The Bertz CT molecular complexity index is 887. The molecule has 0 bridgehead atoms. The van der Waals surface area contributed by atoms with Gasteiger partial charge in [-0.1, -0.05) is 24.3 Å². The first kappa shape index (κ1) is 19.4. The zero-order valence-electron chi connectivity index (χ0n) is 17.0. The molecular weight excluding hydrogens is 372 g/mol. The molecule has 0 N–H and O–H groups in total. The van der Waals surface area contributed by atoms with E-state index in [1.54, 1.807) is 21.3 Å². The van der Waals surface area contributed by atoms with Gasteiger partial charge in [-0.2, -0.15) is 0 Å². The average Bonchev–Trinajstić information content (AvgIpc) is 3.25. The Morgan fingerprint density at radius 3 is 2.45 bits per heavy atom. The summed E-state index contributed by atoms with van der Waals surface area (Å²) in [5.74, 6) is 2.20. The number of hydrogen-bond donors (Lipinski definition) is 0. The van der Waals surface area contributed by atoms with E-state index in [1.807, 2.05) is 41.3 Å². The van der Waals surface area contributed by atoms with Crippen LogP contribution in [-0.2, 0) is 17.8 Å². The van der Waals surface area contributed by atoms with E-state index in [0.29, 0.717) is 18.0 Å². The number of amides is 1. The summed E-state index contributed by atoms with van der Waals surface area (Å²) < 4.78 is 21.8. The van der Waals surface area contributed by atoms with Crippen LogP contribution in [0.4, 0.5) is 4.79 Å². The van der Waals surface area contributed by atoms with Gasteiger partial charge in [0.2, 0.25) is 0 Å². The maximum absolute atomic E-state index is 12.4. The van der Waals surface area contributed by atoms with E-state index < -0.39 is 0 Å². The lowest BCUT2D eigenvalue weighted by Gasteiger charge is -2.23. The zero-order valence-corrected chi connectivity index (χ0v) is 17.0. The lowest BCUT2D eigenvalue weighted by Crippen LogP contribution is -2.37. The smallest absolute Gasteiger partial charge is 0.410 e. The average molecular weight is 398 g/mol. The molecule has 7 heteroatoms. The Labute approximate surface area is 170 Å². The maximum Gasteiger partial charge on any atom is 0.410 e. The second-order valence-corrected chi connectivity index (χ2v) is 7.31. The van der Waals surface area contributed by atoms with E-state index in [9.17, 15) is 4.79 Å². The number of para-hydroxylation sites is 1. The van der Waals surface area contributed by atoms with Crippen molar-refractivity contribution in [3.63, 3.8) is 0 Å². The molecule has 29 heavy (non-hydrogen) atoms. The van der Waals surface area contributed by atoms with Gasteiger partial charge in [0.15, 0.2) is 11.5 Å². The van der Waals surface area contributed by atoms with Gasteiger partial charge in [-0.15, -0.1) is 0 Å². The van der Waals surface area contributed by atoms with Crippen LogP contribution in [0.1, 0.15) is 11.1 Å². The van der Waals surface area contributed by atoms with Gasteiger partial charge in [0.05, 0.1) is 27.4 Å². The summed E-state index contributed by atoms with van der Waals surface area (Å²) in [7, 11) is 4.90. The van der Waals surface area contributed by atoms with Gasteiger partial charge in [0.25, 0.3) is 0 Å². The van der Waals surface area contributed by atoms with E-state index in [4.69, 9.17) is 18.9 Å². The van der Waals surface area contributed by atoms with Crippen molar-refractivity contribution in [1.29, 1.82) is 0 Å². The van der Waals surface area contributed by atoms with E-state index in [0.717, 1.165) is 36.5 Å². The first-order valence-corrected chi connectivity index (χ1v) is 9.65. The fourth-order valence-corrected chi connectivity index (χ4v) is 4.14. The Hall–Kier alpha value is -2.93. The number of carbonyl (C=O) groups excluding carboxylic acids is 1. The molecule has 0 aromatic heterocycles. The molecule has 2 atom stereocenters. The van der Waals surface area contributed by atoms with E-state index >= 15 is 0 Å². The Kier molecular flexibility index (Phi) is 5.49. The van der Waals surface area contributed by atoms with Crippen molar-refractivity contribution in [2.24, 2.45) is 0 Å². The molecular formula is C22H26N2O5. The van der Waals surface area contributed by atoms with E-state index in [2.05, 4.69) is 11.0 Å². The van der Waals surface area contributed by atoms with Crippen molar-refractivity contribution < 1.29 is 23.7 Å². The van der Waals surface area contributed by atoms with Crippen molar-refractivity contribution in [3.05, 3.63) is 53.6 Å². The number of benzene rings is 2. The van der Waals surface area contributed by atoms with Crippen molar-refractivity contribution in [2.45, 2.75) is 25.2 Å². The van der Waals surface area contributed by atoms with Gasteiger partial charge in [0, 0.05) is 31.7 Å². The predicted molar refractivity (Wildman–Crippen MR) is 107 cm³/mol. The van der Waals surface area contributed by atoms with Gasteiger partial charge in [-0.3, -0.25) is 9.80 Å². The molecule has 4 rings (SSSR count). The van der Waals surface area contributed by atoms with Gasteiger partial charge in [0.1, 0.15) is 11.9 Å². The van der Waals surface area contributed by atoms with Crippen molar-refractivity contribution in [1.82, 2.24) is 9.80 Å². The van der Waals surface area contributed by atoms with Crippen molar-refractivity contribution in [3.8, 4) is 17.2 Å². The maximum atomic E-state index is 12.4. The van der Waals surface area contributed by atoms with E-state index in [-0.39, 0.29) is 18.2 Å². The lowest BCUT2D eigenvalue weighted by atomic mass is 10.1. The molecule has 1 amide bonds. The first-order valence-electron chi connectivity index (χ1n) is 9.65. The largest absolute Gasteiger partial charge is 0.496 e. The van der Waals surface area contributed by atoms with Crippen molar-refractivity contribution in [2.75, 3.05) is 34.4 Å². The van der Waals surface area contributed by atoms with Crippen LogP contribution < -0.4 is 14.2 Å². The molecule has 0 radical (unpaired) electrons. The number of rotatable bonds is 7. The number of methoxy groups -OCH3 is 3. The third-order valence-corrected chi connectivity index (χ3v) is 5.59. The molecule has 2 fully saturated rings. The predicted octanol–water partition coefficient (Wildman–Crippen LogP) is 2.92. The standard InChI is InChI=1S/C22H26N2O5/c1-26-18-7-5-4-6-16(18)12-23-13-17-21(14-23)29-22(25)24(17)11-15-8-9-19(27-2)20(10-15)28-3/h4-10,17,21H,11-14H2,1-3H3/t17-,21+/m0/s1. The number of ether oxygens (including phenoxy) is 4. The highest BCUT2D eigenvalue weighted by Crippen LogP contribution is 2.33. The zero-order chi connectivity index (χ0) is 20.4. The highest BCUT2D eigenvalue weighted by Gasteiger charge is 2.47. The van der Waals surface area contributed by atoms with Crippen LogP contribution in [0, 0.1) is 0 Å². The van der Waals surface area contributed by atoms with Gasteiger partial charge < -0.3 is 18.9 Å². The van der Waals surface area contributed by atoms with Gasteiger partial charge in [-0.25, -0.2) is 4.79 Å². The summed E-state index contributed by atoms with van der Waals surface area (Å²) in [6.07, 6.45) is -0.371. The number of likely N-dealkylation sites (tertiary alicyclic amines) is 1. The molecule has 2 aromatic rings. The minimum Gasteiger partial charge on any atom is -0.496 e. The Morgan fingerprint density at radius 2 is 1.69 bits per heavy atom. The minimum absolute atomic E-state index is 0.0327. The van der Waals surface area contributed by atoms with Crippen molar-refractivity contribution >= 4 is 6.09 Å². The molecule has 0 unspecified atom stereocenters. The first-order chi connectivity index (χ1) is 14.1. The van der Waals surface area contributed by atoms with Crippen LogP contribution in [0.2, 0.25) is 0 Å². The molecule has 0 saturated carbocycles. The fraction of sp³-hybridized carbons (Fsp3) is 0.409. The molecule has 2 aliphatic heterocycles. The number of carbonyl (C=O) groups is 1. The van der Waals surface area contributed by atoms with Crippen LogP contribution in [0.5, 0.6) is 17.2 Å².